The molecule has 0 bridgehead atoms. The van der Waals surface area contributed by atoms with E-state index in [1.54, 1.807) is 22.8 Å². The highest BCUT2D eigenvalue weighted by Crippen LogP contribution is 2.09. The zero-order valence-electron chi connectivity index (χ0n) is 9.46. The fourth-order valence-corrected chi connectivity index (χ4v) is 1.86. The van der Waals surface area contributed by atoms with Crippen molar-refractivity contribution in [2.24, 2.45) is 7.05 Å². The Bertz CT molecular complexity index is 443. The lowest BCUT2D eigenvalue weighted by Crippen LogP contribution is -2.57. The molecule has 1 unspecified atom stereocenters. The highest BCUT2D eigenvalue weighted by molar-refractivity contribution is 5.83. The average Bonchev–Trinajstić information content (AvgIpc) is 2.63. The van der Waals surface area contributed by atoms with Crippen LogP contribution in [0.1, 0.15) is 5.69 Å². The van der Waals surface area contributed by atoms with Crippen LogP contribution in [-0.4, -0.2) is 50.8 Å². The van der Waals surface area contributed by atoms with Crippen LogP contribution in [0.3, 0.4) is 0 Å². The van der Waals surface area contributed by atoms with Crippen molar-refractivity contribution in [2.45, 2.75) is 12.6 Å². The predicted molar refractivity (Wildman–Crippen MR) is 58.1 cm³/mol. The largest absolute Gasteiger partial charge is 0.480 e. The van der Waals surface area contributed by atoms with Gasteiger partial charge in [0.15, 0.2) is 0 Å². The number of carboxylic acids is 1. The number of aliphatic carboxylic acids is 1. The zero-order valence-corrected chi connectivity index (χ0v) is 9.46. The van der Waals surface area contributed by atoms with Gasteiger partial charge in [-0.15, -0.1) is 0 Å². The Hall–Kier alpha value is -1.89. The van der Waals surface area contributed by atoms with Crippen molar-refractivity contribution >= 4 is 11.9 Å². The molecule has 0 radical (unpaired) electrons. The second-order valence-corrected chi connectivity index (χ2v) is 4.04. The van der Waals surface area contributed by atoms with Gasteiger partial charge < -0.3 is 10.4 Å². The summed E-state index contributed by atoms with van der Waals surface area (Å²) in [6, 6.07) is 1.13. The highest BCUT2D eigenvalue weighted by atomic mass is 16.4. The summed E-state index contributed by atoms with van der Waals surface area (Å²) < 4.78 is 1.65. The second kappa shape index (κ2) is 4.54. The van der Waals surface area contributed by atoms with Crippen molar-refractivity contribution in [3.05, 3.63) is 18.0 Å². The van der Waals surface area contributed by atoms with Crippen LogP contribution in [-0.2, 0) is 23.2 Å². The van der Waals surface area contributed by atoms with Crippen LogP contribution in [0.25, 0.3) is 0 Å². The van der Waals surface area contributed by atoms with E-state index in [0.29, 0.717) is 6.54 Å². The average molecular weight is 238 g/mol. The summed E-state index contributed by atoms with van der Waals surface area (Å²) in [6.45, 7) is 0.597. The minimum atomic E-state index is -0.930. The Morgan fingerprint density at radius 2 is 2.47 bits per heavy atom. The van der Waals surface area contributed by atoms with Crippen molar-refractivity contribution in [1.29, 1.82) is 0 Å². The molecular weight excluding hydrogens is 224 g/mol. The molecule has 0 aromatic carbocycles. The summed E-state index contributed by atoms with van der Waals surface area (Å²) >= 11 is 0. The summed E-state index contributed by atoms with van der Waals surface area (Å²) in [5, 5.41) is 15.8. The number of hydrogen-bond donors (Lipinski definition) is 2. The van der Waals surface area contributed by atoms with Gasteiger partial charge in [-0.1, -0.05) is 0 Å². The Balaban J connectivity index is 2.09. The number of aryl methyl sites for hydroxylation is 1. The van der Waals surface area contributed by atoms with Gasteiger partial charge in [0.1, 0.15) is 6.04 Å². The van der Waals surface area contributed by atoms with E-state index < -0.39 is 12.0 Å². The number of nitrogens with one attached hydrogen (secondary N) is 1. The van der Waals surface area contributed by atoms with Gasteiger partial charge >= 0.3 is 5.97 Å². The normalized spacial score (nSPS) is 21.2. The molecule has 92 valence electrons. The lowest BCUT2D eigenvalue weighted by atomic mass is 10.2. The standard InChI is InChI=1S/C10H14N4O3/c1-13-3-2-7(12-13)5-14-6-9(15)11-4-8(14)10(16)17/h2-3,8H,4-6H2,1H3,(H,11,15)(H,16,17). The Morgan fingerprint density at radius 1 is 1.71 bits per heavy atom. The van der Waals surface area contributed by atoms with E-state index in [1.165, 1.54) is 0 Å². The van der Waals surface area contributed by atoms with E-state index in [-0.39, 0.29) is 19.0 Å². The van der Waals surface area contributed by atoms with E-state index in [1.807, 2.05) is 6.07 Å². The molecule has 0 spiro atoms. The molecule has 1 fully saturated rings. The zero-order chi connectivity index (χ0) is 12.4. The van der Waals surface area contributed by atoms with Gasteiger partial charge in [-0.2, -0.15) is 5.10 Å². The second-order valence-electron chi connectivity index (χ2n) is 4.04. The third-order valence-electron chi connectivity index (χ3n) is 2.70. The molecule has 1 aromatic rings. The number of carbonyl (C=O) groups excluding carboxylic acids is 1. The van der Waals surface area contributed by atoms with Crippen molar-refractivity contribution in [3.8, 4) is 0 Å². The van der Waals surface area contributed by atoms with Gasteiger partial charge in [-0.3, -0.25) is 19.2 Å². The van der Waals surface area contributed by atoms with E-state index in [4.69, 9.17) is 5.11 Å². The molecule has 7 heteroatoms. The number of amides is 1. The van der Waals surface area contributed by atoms with Crippen LogP contribution in [0.4, 0.5) is 0 Å². The van der Waals surface area contributed by atoms with Crippen molar-refractivity contribution in [2.75, 3.05) is 13.1 Å². The first-order valence-corrected chi connectivity index (χ1v) is 5.28. The van der Waals surface area contributed by atoms with Crippen LogP contribution in [0.15, 0.2) is 12.3 Å². The maximum Gasteiger partial charge on any atom is 0.322 e. The van der Waals surface area contributed by atoms with E-state index in [2.05, 4.69) is 10.4 Å². The quantitative estimate of drug-likeness (QED) is 0.691. The first-order valence-electron chi connectivity index (χ1n) is 5.28. The third-order valence-corrected chi connectivity index (χ3v) is 2.70. The molecule has 1 saturated heterocycles. The molecule has 2 N–H and O–H groups in total. The molecule has 0 saturated carbocycles. The number of carboxylic acid groups (broad SMARTS) is 1. The first-order chi connectivity index (χ1) is 8.06. The maximum atomic E-state index is 11.3. The number of piperazine rings is 1. The van der Waals surface area contributed by atoms with Crippen molar-refractivity contribution in [3.63, 3.8) is 0 Å². The fourth-order valence-electron chi connectivity index (χ4n) is 1.86. The summed E-state index contributed by atoms with van der Waals surface area (Å²) in [5.74, 6) is -1.08. The van der Waals surface area contributed by atoms with E-state index in [0.717, 1.165) is 5.69 Å². The van der Waals surface area contributed by atoms with E-state index >= 15 is 0 Å². The lowest BCUT2D eigenvalue weighted by Gasteiger charge is -2.31. The third kappa shape index (κ3) is 2.62. The van der Waals surface area contributed by atoms with E-state index in [9.17, 15) is 9.59 Å². The number of carbonyl (C=O) groups is 2. The minimum Gasteiger partial charge on any atom is -0.480 e. The number of aromatic nitrogens is 2. The molecule has 1 aliphatic rings. The predicted octanol–water partition coefficient (Wildman–Crippen LogP) is -1.19. The number of rotatable bonds is 3. The summed E-state index contributed by atoms with van der Waals surface area (Å²) in [4.78, 5) is 23.9. The molecule has 0 aliphatic carbocycles. The molecule has 1 aromatic heterocycles. The van der Waals surface area contributed by atoms with Crippen LogP contribution < -0.4 is 5.32 Å². The molecule has 1 amide bonds. The Morgan fingerprint density at radius 3 is 3.06 bits per heavy atom. The molecule has 1 aliphatic heterocycles. The van der Waals surface area contributed by atoms with Gasteiger partial charge in [-0.25, -0.2) is 0 Å². The number of nitrogens with zero attached hydrogens (tertiary/aromatic N) is 3. The summed E-state index contributed by atoms with van der Waals surface area (Å²) in [6.07, 6.45) is 1.79. The molecule has 1 atom stereocenters. The number of hydrogen-bond acceptors (Lipinski definition) is 4. The Kier molecular flexibility index (Phi) is 3.10. The fraction of sp³-hybridized carbons (Fsp3) is 0.500. The van der Waals surface area contributed by atoms with Crippen molar-refractivity contribution in [1.82, 2.24) is 20.0 Å². The smallest absolute Gasteiger partial charge is 0.322 e. The van der Waals surface area contributed by atoms with Crippen LogP contribution in [0.5, 0.6) is 0 Å². The van der Waals surface area contributed by atoms with Gasteiger partial charge in [0, 0.05) is 26.3 Å². The SMILES string of the molecule is Cn1ccc(CN2CC(=O)NCC2C(=O)O)n1. The summed E-state index contributed by atoms with van der Waals surface area (Å²) in [7, 11) is 1.79. The monoisotopic (exact) mass is 238 g/mol. The molecule has 7 nitrogen and oxygen atoms in total. The molecule has 2 heterocycles. The highest BCUT2D eigenvalue weighted by Gasteiger charge is 2.32. The van der Waals surface area contributed by atoms with Gasteiger partial charge in [0.05, 0.1) is 12.2 Å². The Labute approximate surface area is 98.0 Å². The van der Waals surface area contributed by atoms with Crippen LogP contribution in [0.2, 0.25) is 0 Å². The van der Waals surface area contributed by atoms with Crippen molar-refractivity contribution < 1.29 is 14.7 Å². The molecule has 17 heavy (non-hydrogen) atoms. The lowest BCUT2D eigenvalue weighted by molar-refractivity contribution is -0.146. The molecule has 2 rings (SSSR count). The molecular formula is C10H14N4O3. The van der Waals surface area contributed by atoms with Gasteiger partial charge in [0.2, 0.25) is 5.91 Å². The van der Waals surface area contributed by atoms with Crippen LogP contribution >= 0.6 is 0 Å². The topological polar surface area (TPSA) is 87.5 Å². The first kappa shape index (κ1) is 11.6. The van der Waals surface area contributed by atoms with Gasteiger partial charge in [0.25, 0.3) is 0 Å². The summed E-state index contributed by atoms with van der Waals surface area (Å²) in [5.41, 5.74) is 0.758. The minimum absolute atomic E-state index is 0.0908. The van der Waals surface area contributed by atoms with Gasteiger partial charge in [-0.05, 0) is 6.07 Å². The maximum absolute atomic E-state index is 11.3. The van der Waals surface area contributed by atoms with Crippen LogP contribution in [0, 0.1) is 0 Å².